The summed E-state index contributed by atoms with van der Waals surface area (Å²) in [5.41, 5.74) is 0.252. The molecule has 112 valence electrons. The summed E-state index contributed by atoms with van der Waals surface area (Å²) < 4.78 is 5.13. The second kappa shape index (κ2) is 8.49. The fourth-order valence-electron chi connectivity index (χ4n) is 2.48. The average molecular weight is 308 g/mol. The Bertz CT molecular complexity index is 619. The molecule has 2 rings (SSSR count). The monoisotopic (exact) mass is 308 g/mol. The van der Waals surface area contributed by atoms with E-state index in [4.69, 9.17) is 4.74 Å². The molecule has 0 saturated heterocycles. The van der Waals surface area contributed by atoms with Crippen molar-refractivity contribution in [1.29, 1.82) is 0 Å². The summed E-state index contributed by atoms with van der Waals surface area (Å²) in [5.74, 6) is -0.642. The van der Waals surface area contributed by atoms with Crippen molar-refractivity contribution in [3.8, 4) is 0 Å². The predicted molar refractivity (Wildman–Crippen MR) is 83.0 cm³/mol. The first-order chi connectivity index (χ1) is 10.1. The van der Waals surface area contributed by atoms with E-state index < -0.39 is 11.6 Å². The molecule has 1 N–H and O–H groups in total. The minimum atomic E-state index is -1.77. The SMILES string of the molecule is CCOC(=O)C(O)(c1ccccc1)c1ccccc1CC.[H-].[Na+]. The number of benzene rings is 2. The number of hydrogen-bond donors (Lipinski definition) is 1. The van der Waals surface area contributed by atoms with Crippen molar-refractivity contribution in [2.24, 2.45) is 0 Å². The third-order valence-corrected chi connectivity index (χ3v) is 3.55. The van der Waals surface area contributed by atoms with Crippen molar-refractivity contribution in [2.75, 3.05) is 6.61 Å². The average Bonchev–Trinajstić information content (AvgIpc) is 2.55. The maximum Gasteiger partial charge on any atom is 1.00 e. The number of aryl methyl sites for hydroxylation is 1. The first-order valence-electron chi connectivity index (χ1n) is 7.18. The summed E-state index contributed by atoms with van der Waals surface area (Å²) in [6.45, 7) is 3.95. The van der Waals surface area contributed by atoms with Gasteiger partial charge in [-0.15, -0.1) is 0 Å². The largest absolute Gasteiger partial charge is 1.00 e. The molecule has 3 nitrogen and oxygen atoms in total. The first-order valence-corrected chi connectivity index (χ1v) is 7.18. The number of esters is 1. The van der Waals surface area contributed by atoms with Crippen molar-refractivity contribution < 1.29 is 45.6 Å². The summed E-state index contributed by atoms with van der Waals surface area (Å²) in [6, 6.07) is 16.3. The smallest absolute Gasteiger partial charge is 1.00 e. The van der Waals surface area contributed by atoms with Gasteiger partial charge in [0.25, 0.3) is 0 Å². The summed E-state index contributed by atoms with van der Waals surface area (Å²) in [4.78, 5) is 12.5. The molecule has 2 aromatic carbocycles. The van der Waals surface area contributed by atoms with Crippen molar-refractivity contribution >= 4 is 5.97 Å². The molecular formula is C18H21NaO3. The zero-order valence-electron chi connectivity index (χ0n) is 14.4. The molecule has 0 bridgehead atoms. The Balaban J connectivity index is 0.00000242. The van der Waals surface area contributed by atoms with Crippen LogP contribution >= 0.6 is 0 Å². The van der Waals surface area contributed by atoms with Gasteiger partial charge in [-0.2, -0.15) is 0 Å². The van der Waals surface area contributed by atoms with E-state index in [1.807, 2.05) is 31.2 Å². The molecule has 0 fully saturated rings. The Morgan fingerprint density at radius 2 is 1.68 bits per heavy atom. The van der Waals surface area contributed by atoms with E-state index in [0.717, 1.165) is 12.0 Å². The first kappa shape index (κ1) is 18.9. The topological polar surface area (TPSA) is 46.5 Å². The van der Waals surface area contributed by atoms with Crippen LogP contribution in [0, 0.1) is 0 Å². The molecule has 4 heteroatoms. The molecular weight excluding hydrogens is 287 g/mol. The summed E-state index contributed by atoms with van der Waals surface area (Å²) in [5, 5.41) is 11.2. The maximum atomic E-state index is 12.5. The molecule has 0 radical (unpaired) electrons. The van der Waals surface area contributed by atoms with Crippen LogP contribution in [0.2, 0.25) is 0 Å². The second-order valence-corrected chi connectivity index (χ2v) is 4.81. The van der Waals surface area contributed by atoms with Crippen LogP contribution < -0.4 is 29.6 Å². The van der Waals surface area contributed by atoms with Gasteiger partial charge in [-0.25, -0.2) is 4.79 Å². The van der Waals surface area contributed by atoms with Crippen LogP contribution in [0.25, 0.3) is 0 Å². The third-order valence-electron chi connectivity index (χ3n) is 3.55. The minimum Gasteiger partial charge on any atom is -1.00 e. The maximum absolute atomic E-state index is 12.5. The van der Waals surface area contributed by atoms with Crippen molar-refractivity contribution in [1.82, 2.24) is 0 Å². The van der Waals surface area contributed by atoms with E-state index in [1.54, 1.807) is 37.3 Å². The number of hydrogen-bond acceptors (Lipinski definition) is 3. The Morgan fingerprint density at radius 1 is 1.09 bits per heavy atom. The van der Waals surface area contributed by atoms with Gasteiger partial charge in [0.1, 0.15) is 0 Å². The molecule has 1 unspecified atom stereocenters. The summed E-state index contributed by atoms with van der Waals surface area (Å²) in [7, 11) is 0. The standard InChI is InChI=1S/C18H20O3.Na.H/c1-3-14-10-8-9-13-16(14)18(20,17(19)21-4-2)15-11-6-5-7-12-15;;/h5-13,20H,3-4H2,1-2H3;;/q;+1;-1. The van der Waals surface area contributed by atoms with Crippen molar-refractivity contribution in [3.05, 3.63) is 71.3 Å². The Kier molecular flexibility index (Phi) is 7.30. The number of carbonyl (C=O) groups excluding carboxylic acids is 1. The molecule has 22 heavy (non-hydrogen) atoms. The van der Waals surface area contributed by atoms with E-state index in [2.05, 4.69) is 0 Å². The quantitative estimate of drug-likeness (QED) is 0.632. The summed E-state index contributed by atoms with van der Waals surface area (Å²) in [6.07, 6.45) is 0.727. The van der Waals surface area contributed by atoms with E-state index in [-0.39, 0.29) is 37.6 Å². The number of aliphatic hydroxyl groups is 1. The van der Waals surface area contributed by atoms with Crippen LogP contribution in [-0.2, 0) is 21.6 Å². The van der Waals surface area contributed by atoms with Crippen molar-refractivity contribution in [3.63, 3.8) is 0 Å². The van der Waals surface area contributed by atoms with Gasteiger partial charge in [0, 0.05) is 5.56 Å². The molecule has 0 amide bonds. The van der Waals surface area contributed by atoms with Crippen LogP contribution in [-0.4, -0.2) is 17.7 Å². The van der Waals surface area contributed by atoms with E-state index in [0.29, 0.717) is 11.1 Å². The Hall–Kier alpha value is -1.13. The molecule has 0 aliphatic rings. The molecule has 0 aliphatic carbocycles. The zero-order valence-corrected chi connectivity index (χ0v) is 15.4. The van der Waals surface area contributed by atoms with Gasteiger partial charge in [0.05, 0.1) is 6.61 Å². The van der Waals surface area contributed by atoms with E-state index in [1.165, 1.54) is 0 Å². The second-order valence-electron chi connectivity index (χ2n) is 4.81. The Labute approximate surface area is 155 Å². The number of ether oxygens (including phenoxy) is 1. The summed E-state index contributed by atoms with van der Waals surface area (Å²) >= 11 is 0. The van der Waals surface area contributed by atoms with E-state index in [9.17, 15) is 9.90 Å². The van der Waals surface area contributed by atoms with Gasteiger partial charge < -0.3 is 11.3 Å². The minimum absolute atomic E-state index is 0. The van der Waals surface area contributed by atoms with Crippen LogP contribution in [0.1, 0.15) is 32.0 Å². The van der Waals surface area contributed by atoms with Gasteiger partial charge in [-0.3, -0.25) is 0 Å². The van der Waals surface area contributed by atoms with Crippen LogP contribution in [0.15, 0.2) is 54.6 Å². The zero-order chi connectivity index (χ0) is 15.3. The fraction of sp³-hybridized carbons (Fsp3) is 0.278. The predicted octanol–water partition coefficient (Wildman–Crippen LogP) is 0.165. The van der Waals surface area contributed by atoms with Crippen molar-refractivity contribution in [2.45, 2.75) is 25.9 Å². The number of carbonyl (C=O) groups is 1. The van der Waals surface area contributed by atoms with Gasteiger partial charge in [-0.05, 0) is 24.5 Å². The van der Waals surface area contributed by atoms with Crippen LogP contribution in [0.5, 0.6) is 0 Å². The number of rotatable bonds is 5. The molecule has 0 aliphatic heterocycles. The fourth-order valence-corrected chi connectivity index (χ4v) is 2.48. The molecule has 0 spiro atoms. The van der Waals surface area contributed by atoms with Crippen LogP contribution in [0.4, 0.5) is 0 Å². The molecule has 0 saturated carbocycles. The van der Waals surface area contributed by atoms with Crippen LogP contribution in [0.3, 0.4) is 0 Å². The van der Waals surface area contributed by atoms with E-state index >= 15 is 0 Å². The molecule has 1 atom stereocenters. The molecule has 2 aromatic rings. The van der Waals surface area contributed by atoms with Gasteiger partial charge in [0.2, 0.25) is 5.60 Å². The normalized spacial score (nSPS) is 12.9. The van der Waals surface area contributed by atoms with Gasteiger partial charge in [0.15, 0.2) is 0 Å². The third kappa shape index (κ3) is 3.61. The molecule has 0 aromatic heterocycles. The van der Waals surface area contributed by atoms with Gasteiger partial charge >= 0.3 is 35.5 Å². The molecule has 0 heterocycles. The van der Waals surface area contributed by atoms with Gasteiger partial charge in [-0.1, -0.05) is 61.5 Å². The Morgan fingerprint density at radius 3 is 2.27 bits per heavy atom.